The first-order valence-corrected chi connectivity index (χ1v) is 3.79. The van der Waals surface area contributed by atoms with E-state index in [9.17, 15) is 0 Å². The van der Waals surface area contributed by atoms with Gasteiger partial charge in [-0.1, -0.05) is 0 Å². The maximum Gasteiger partial charge on any atom is 0.0193 e. The zero-order valence-electron chi connectivity index (χ0n) is 7.23. The first-order valence-electron chi connectivity index (χ1n) is 3.79. The number of hydrogen-bond donors (Lipinski definition) is 0. The molecule has 0 aliphatic rings. The smallest absolute Gasteiger partial charge is 0.0193 e. The van der Waals surface area contributed by atoms with E-state index in [4.69, 9.17) is 0 Å². The molecule has 1 aromatic rings. The molecule has 10 heavy (non-hydrogen) atoms. The summed E-state index contributed by atoms with van der Waals surface area (Å²) in [5.74, 6) is 0. The van der Waals surface area contributed by atoms with Gasteiger partial charge in [-0.15, -0.1) is 0 Å². The summed E-state index contributed by atoms with van der Waals surface area (Å²) in [6.07, 6.45) is 2.21. The Balaban J connectivity index is 3.17. The van der Waals surface area contributed by atoms with E-state index in [-0.39, 0.29) is 0 Å². The molecule has 0 fully saturated rings. The fraction of sp³-hybridized carbons (Fsp3) is 0.556. The Morgan fingerprint density at radius 3 is 2.10 bits per heavy atom. The lowest BCUT2D eigenvalue weighted by molar-refractivity contribution is 0.739. The number of hydrogen-bond acceptors (Lipinski definition) is 0. The van der Waals surface area contributed by atoms with Gasteiger partial charge in [-0.3, -0.25) is 0 Å². The van der Waals surface area contributed by atoms with Gasteiger partial charge in [0.1, 0.15) is 0 Å². The van der Waals surface area contributed by atoms with Crippen molar-refractivity contribution in [3.8, 4) is 0 Å². The molecule has 0 spiro atoms. The summed E-state index contributed by atoms with van der Waals surface area (Å²) in [4.78, 5) is 0. The molecular formula is C9H15N. The Labute approximate surface area is 62.7 Å². The summed E-state index contributed by atoms with van der Waals surface area (Å²) in [5, 5.41) is 0. The van der Waals surface area contributed by atoms with Gasteiger partial charge in [-0.2, -0.15) is 0 Å². The van der Waals surface area contributed by atoms with E-state index in [0.717, 1.165) is 6.54 Å². The van der Waals surface area contributed by atoms with Crippen LogP contribution < -0.4 is 0 Å². The molecule has 0 bridgehead atoms. The highest BCUT2D eigenvalue weighted by atomic mass is 15.0. The summed E-state index contributed by atoms with van der Waals surface area (Å²) in [6, 6.07) is 0. The molecule has 0 N–H and O–H groups in total. The van der Waals surface area contributed by atoms with Gasteiger partial charge in [-0.05, 0) is 38.8 Å². The van der Waals surface area contributed by atoms with Gasteiger partial charge >= 0.3 is 0 Å². The lowest BCUT2D eigenvalue weighted by atomic mass is 10.2. The van der Waals surface area contributed by atoms with Gasteiger partial charge in [0.25, 0.3) is 0 Å². The lowest BCUT2D eigenvalue weighted by Gasteiger charge is -1.99. The average Bonchev–Trinajstić information content (AvgIpc) is 2.17. The van der Waals surface area contributed by atoms with E-state index in [0.29, 0.717) is 0 Å². The van der Waals surface area contributed by atoms with Gasteiger partial charge in [0, 0.05) is 18.4 Å². The van der Waals surface area contributed by atoms with E-state index in [2.05, 4.69) is 38.5 Å². The molecule has 1 aromatic heterocycles. The second-order valence-electron chi connectivity index (χ2n) is 2.81. The lowest BCUT2D eigenvalue weighted by Crippen LogP contribution is -1.93. The van der Waals surface area contributed by atoms with E-state index < -0.39 is 0 Å². The quantitative estimate of drug-likeness (QED) is 0.560. The molecule has 0 saturated heterocycles. The van der Waals surface area contributed by atoms with Gasteiger partial charge < -0.3 is 4.57 Å². The van der Waals surface area contributed by atoms with Crippen LogP contribution in [0.25, 0.3) is 0 Å². The predicted molar refractivity (Wildman–Crippen MR) is 44.3 cm³/mol. The minimum Gasteiger partial charge on any atom is -0.351 e. The number of rotatable bonds is 1. The van der Waals surface area contributed by atoms with Crippen molar-refractivity contribution in [1.29, 1.82) is 0 Å². The van der Waals surface area contributed by atoms with E-state index in [1.165, 1.54) is 16.8 Å². The predicted octanol–water partition coefficient (Wildman–Crippen LogP) is 2.43. The highest BCUT2D eigenvalue weighted by Crippen LogP contribution is 2.13. The average molecular weight is 137 g/mol. The fourth-order valence-electron chi connectivity index (χ4n) is 1.26. The summed E-state index contributed by atoms with van der Waals surface area (Å²) in [5.41, 5.74) is 4.24. The third kappa shape index (κ3) is 0.962. The van der Waals surface area contributed by atoms with Crippen molar-refractivity contribution in [3.63, 3.8) is 0 Å². The summed E-state index contributed by atoms with van der Waals surface area (Å²) < 4.78 is 2.28. The normalized spacial score (nSPS) is 10.4. The van der Waals surface area contributed by atoms with Gasteiger partial charge in [0.05, 0.1) is 0 Å². The Morgan fingerprint density at radius 2 is 1.90 bits per heavy atom. The fourth-order valence-corrected chi connectivity index (χ4v) is 1.26. The van der Waals surface area contributed by atoms with E-state index in [1.807, 2.05) is 0 Å². The van der Waals surface area contributed by atoms with Gasteiger partial charge in [0.15, 0.2) is 0 Å². The van der Waals surface area contributed by atoms with Crippen LogP contribution in [0.15, 0.2) is 6.20 Å². The van der Waals surface area contributed by atoms with E-state index >= 15 is 0 Å². The molecule has 0 amide bonds. The molecule has 0 radical (unpaired) electrons. The number of aryl methyl sites for hydroxylation is 2. The molecule has 1 heterocycles. The standard InChI is InChI=1S/C9H15N/c1-5-10-6-7(2)8(3)9(10)4/h6H,5H2,1-4H3. The first-order chi connectivity index (χ1) is 4.66. The molecule has 56 valence electrons. The summed E-state index contributed by atoms with van der Waals surface area (Å²) >= 11 is 0. The molecule has 1 nitrogen and oxygen atoms in total. The molecular weight excluding hydrogens is 122 g/mol. The number of nitrogens with zero attached hydrogens (tertiary/aromatic N) is 1. The van der Waals surface area contributed by atoms with Crippen LogP contribution in [0.5, 0.6) is 0 Å². The highest BCUT2D eigenvalue weighted by Gasteiger charge is 2.01. The Bertz CT molecular complexity index is 233. The van der Waals surface area contributed by atoms with Crippen molar-refractivity contribution in [3.05, 3.63) is 23.0 Å². The van der Waals surface area contributed by atoms with Crippen molar-refractivity contribution in [2.24, 2.45) is 0 Å². The second kappa shape index (κ2) is 2.49. The minimum absolute atomic E-state index is 1.08. The highest BCUT2D eigenvalue weighted by molar-refractivity contribution is 5.28. The molecule has 0 unspecified atom stereocenters. The van der Waals surface area contributed by atoms with Crippen molar-refractivity contribution in [2.45, 2.75) is 34.2 Å². The van der Waals surface area contributed by atoms with E-state index in [1.54, 1.807) is 0 Å². The van der Waals surface area contributed by atoms with Crippen LogP contribution >= 0.6 is 0 Å². The van der Waals surface area contributed by atoms with Crippen LogP contribution in [-0.4, -0.2) is 4.57 Å². The van der Waals surface area contributed by atoms with Crippen LogP contribution in [0, 0.1) is 20.8 Å². The molecule has 0 aliphatic carbocycles. The van der Waals surface area contributed by atoms with Crippen LogP contribution in [-0.2, 0) is 6.54 Å². The molecule has 1 heteroatoms. The largest absolute Gasteiger partial charge is 0.351 e. The molecule has 0 aromatic carbocycles. The zero-order chi connectivity index (χ0) is 7.72. The van der Waals surface area contributed by atoms with Crippen LogP contribution in [0.2, 0.25) is 0 Å². The van der Waals surface area contributed by atoms with Crippen molar-refractivity contribution in [2.75, 3.05) is 0 Å². The third-order valence-electron chi connectivity index (χ3n) is 2.26. The number of aromatic nitrogens is 1. The Kier molecular flexibility index (Phi) is 1.84. The first kappa shape index (κ1) is 7.39. The van der Waals surface area contributed by atoms with Crippen LogP contribution in [0.1, 0.15) is 23.7 Å². The van der Waals surface area contributed by atoms with Crippen molar-refractivity contribution < 1.29 is 0 Å². The molecule has 0 aliphatic heterocycles. The Hall–Kier alpha value is -0.720. The SMILES string of the molecule is CCn1cc(C)c(C)c1C. The monoisotopic (exact) mass is 137 g/mol. The molecule has 0 saturated carbocycles. The summed E-state index contributed by atoms with van der Waals surface area (Å²) in [6.45, 7) is 9.77. The van der Waals surface area contributed by atoms with Gasteiger partial charge in [-0.25, -0.2) is 0 Å². The summed E-state index contributed by atoms with van der Waals surface area (Å²) in [7, 11) is 0. The van der Waals surface area contributed by atoms with Gasteiger partial charge in [0.2, 0.25) is 0 Å². The second-order valence-corrected chi connectivity index (χ2v) is 2.81. The molecule has 1 rings (SSSR count). The van der Waals surface area contributed by atoms with Crippen LogP contribution in [0.4, 0.5) is 0 Å². The maximum atomic E-state index is 2.28. The third-order valence-corrected chi connectivity index (χ3v) is 2.26. The van der Waals surface area contributed by atoms with Crippen LogP contribution in [0.3, 0.4) is 0 Å². The zero-order valence-corrected chi connectivity index (χ0v) is 7.23. The topological polar surface area (TPSA) is 4.93 Å². The Morgan fingerprint density at radius 1 is 1.30 bits per heavy atom. The van der Waals surface area contributed by atoms with Crippen molar-refractivity contribution in [1.82, 2.24) is 4.57 Å². The van der Waals surface area contributed by atoms with Crippen molar-refractivity contribution >= 4 is 0 Å². The minimum atomic E-state index is 1.08. The maximum absolute atomic E-state index is 2.28. The molecule has 0 atom stereocenters.